The van der Waals surface area contributed by atoms with Crippen molar-refractivity contribution in [1.82, 2.24) is 0 Å². The molecule has 0 aliphatic carbocycles. The van der Waals surface area contributed by atoms with Crippen LogP contribution in [0.2, 0.25) is 5.02 Å². The lowest BCUT2D eigenvalue weighted by molar-refractivity contribution is -0.116. The van der Waals surface area contributed by atoms with Gasteiger partial charge in [0.2, 0.25) is 5.91 Å². The number of benzene rings is 1. The molecule has 1 aliphatic rings. The molecule has 2 rings (SSSR count). The van der Waals surface area contributed by atoms with E-state index < -0.39 is 5.82 Å². The minimum atomic E-state index is -0.514. The molecule has 0 saturated carbocycles. The minimum absolute atomic E-state index is 0.0780. The van der Waals surface area contributed by atoms with Crippen LogP contribution in [0.5, 0.6) is 0 Å². The third kappa shape index (κ3) is 2.58. The van der Waals surface area contributed by atoms with Gasteiger partial charge in [-0.3, -0.25) is 4.79 Å². The van der Waals surface area contributed by atoms with Gasteiger partial charge in [-0.25, -0.2) is 4.39 Å². The lowest BCUT2D eigenvalue weighted by Gasteiger charge is -2.32. The molecule has 0 aromatic heterocycles. The molecule has 0 bridgehead atoms. The Morgan fingerprint density at radius 3 is 2.83 bits per heavy atom. The highest BCUT2D eigenvalue weighted by Gasteiger charge is 2.21. The molecule has 1 aliphatic heterocycles. The maximum absolute atomic E-state index is 13.5. The van der Waals surface area contributed by atoms with E-state index in [9.17, 15) is 9.18 Å². The number of hydrogen-bond donors (Lipinski definition) is 1. The Kier molecular flexibility index (Phi) is 3.76. The van der Waals surface area contributed by atoms with Gasteiger partial charge >= 0.3 is 0 Å². The SMILES string of the molecule is CC(C)N1CCCC(=O)Nc2cc(F)c(Cl)cc21. The first-order chi connectivity index (χ1) is 8.49. The van der Waals surface area contributed by atoms with Crippen molar-refractivity contribution >= 4 is 28.9 Å². The van der Waals surface area contributed by atoms with Gasteiger partial charge in [0, 0.05) is 25.1 Å². The smallest absolute Gasteiger partial charge is 0.224 e. The van der Waals surface area contributed by atoms with Crippen LogP contribution < -0.4 is 10.2 Å². The average Bonchev–Trinajstić information content (AvgIpc) is 2.27. The second-order valence-electron chi connectivity index (χ2n) is 4.72. The van der Waals surface area contributed by atoms with E-state index >= 15 is 0 Å². The van der Waals surface area contributed by atoms with Crippen molar-refractivity contribution in [1.29, 1.82) is 0 Å². The Morgan fingerprint density at radius 2 is 2.17 bits per heavy atom. The van der Waals surface area contributed by atoms with Gasteiger partial charge < -0.3 is 10.2 Å². The molecule has 1 aromatic carbocycles. The number of hydrogen-bond acceptors (Lipinski definition) is 2. The molecule has 3 nitrogen and oxygen atoms in total. The minimum Gasteiger partial charge on any atom is -0.367 e. The van der Waals surface area contributed by atoms with Gasteiger partial charge in [-0.1, -0.05) is 11.6 Å². The van der Waals surface area contributed by atoms with Crippen molar-refractivity contribution in [2.24, 2.45) is 0 Å². The van der Waals surface area contributed by atoms with Gasteiger partial charge in [0.05, 0.1) is 16.4 Å². The fourth-order valence-corrected chi connectivity index (χ4v) is 2.31. The maximum Gasteiger partial charge on any atom is 0.224 e. The molecule has 0 saturated heterocycles. The lowest BCUT2D eigenvalue weighted by Crippen LogP contribution is -2.34. The first-order valence-corrected chi connectivity index (χ1v) is 6.42. The zero-order valence-electron chi connectivity index (χ0n) is 10.5. The van der Waals surface area contributed by atoms with E-state index in [2.05, 4.69) is 24.1 Å². The van der Waals surface area contributed by atoms with Crippen molar-refractivity contribution in [3.05, 3.63) is 23.0 Å². The molecule has 0 unspecified atom stereocenters. The summed E-state index contributed by atoms with van der Waals surface area (Å²) in [5.74, 6) is -0.596. The quantitative estimate of drug-likeness (QED) is 0.848. The monoisotopic (exact) mass is 270 g/mol. The lowest BCUT2D eigenvalue weighted by atomic mass is 10.1. The molecule has 98 valence electrons. The average molecular weight is 271 g/mol. The van der Waals surface area contributed by atoms with Crippen LogP contribution in [-0.4, -0.2) is 18.5 Å². The van der Waals surface area contributed by atoms with Crippen molar-refractivity contribution in [2.45, 2.75) is 32.7 Å². The summed E-state index contributed by atoms with van der Waals surface area (Å²) in [7, 11) is 0. The van der Waals surface area contributed by atoms with Gasteiger partial charge in [-0.2, -0.15) is 0 Å². The maximum atomic E-state index is 13.5. The van der Waals surface area contributed by atoms with Crippen LogP contribution in [0.1, 0.15) is 26.7 Å². The summed E-state index contributed by atoms with van der Waals surface area (Å²) < 4.78 is 13.5. The molecule has 0 radical (unpaired) electrons. The number of halogens is 2. The highest BCUT2D eigenvalue weighted by Crippen LogP contribution is 2.34. The largest absolute Gasteiger partial charge is 0.367 e. The number of carbonyl (C=O) groups excluding carboxylic acids is 1. The molecule has 18 heavy (non-hydrogen) atoms. The summed E-state index contributed by atoms with van der Waals surface area (Å²) in [4.78, 5) is 13.7. The normalized spacial score (nSPS) is 16.1. The number of amides is 1. The summed E-state index contributed by atoms with van der Waals surface area (Å²) in [6.07, 6.45) is 1.23. The van der Waals surface area contributed by atoms with Crippen LogP contribution in [0.25, 0.3) is 0 Å². The van der Waals surface area contributed by atoms with E-state index in [4.69, 9.17) is 11.6 Å². The van der Waals surface area contributed by atoms with Crippen LogP contribution in [0.3, 0.4) is 0 Å². The van der Waals surface area contributed by atoms with Crippen LogP contribution >= 0.6 is 11.6 Å². The topological polar surface area (TPSA) is 32.3 Å². The first-order valence-electron chi connectivity index (χ1n) is 6.04. The molecule has 1 N–H and O–H groups in total. The van der Waals surface area contributed by atoms with Crippen LogP contribution in [0.15, 0.2) is 12.1 Å². The van der Waals surface area contributed by atoms with E-state index in [0.29, 0.717) is 12.1 Å². The summed E-state index contributed by atoms with van der Waals surface area (Å²) in [6, 6.07) is 3.13. The van der Waals surface area contributed by atoms with Crippen LogP contribution in [-0.2, 0) is 4.79 Å². The Hall–Kier alpha value is -1.29. The fourth-order valence-electron chi connectivity index (χ4n) is 2.15. The van der Waals surface area contributed by atoms with Crippen molar-refractivity contribution < 1.29 is 9.18 Å². The zero-order chi connectivity index (χ0) is 13.3. The molecular weight excluding hydrogens is 255 g/mol. The number of carbonyl (C=O) groups is 1. The third-order valence-corrected chi connectivity index (χ3v) is 3.34. The number of nitrogens with one attached hydrogen (secondary N) is 1. The second kappa shape index (κ2) is 5.14. The fraction of sp³-hybridized carbons (Fsp3) is 0.462. The van der Waals surface area contributed by atoms with Gasteiger partial charge in [-0.05, 0) is 26.3 Å². The molecule has 0 atom stereocenters. The molecular formula is C13H16ClFN2O. The first kappa shape index (κ1) is 13.1. The molecule has 5 heteroatoms. The van der Waals surface area contributed by atoms with Gasteiger partial charge in [0.15, 0.2) is 0 Å². The highest BCUT2D eigenvalue weighted by molar-refractivity contribution is 6.31. The van der Waals surface area contributed by atoms with Gasteiger partial charge in [0.25, 0.3) is 0 Å². The van der Waals surface area contributed by atoms with Crippen LogP contribution in [0.4, 0.5) is 15.8 Å². The number of anilines is 2. The summed E-state index contributed by atoms with van der Waals surface area (Å²) in [6.45, 7) is 4.88. The van der Waals surface area contributed by atoms with E-state index in [-0.39, 0.29) is 17.0 Å². The van der Waals surface area contributed by atoms with E-state index in [1.54, 1.807) is 6.07 Å². The zero-order valence-corrected chi connectivity index (χ0v) is 11.2. The van der Waals surface area contributed by atoms with Gasteiger partial charge in [-0.15, -0.1) is 0 Å². The predicted octanol–water partition coefficient (Wildman–Crippen LogP) is 3.43. The van der Waals surface area contributed by atoms with Crippen molar-refractivity contribution in [3.63, 3.8) is 0 Å². The second-order valence-corrected chi connectivity index (χ2v) is 5.13. The number of fused-ring (bicyclic) bond motifs is 1. The van der Waals surface area contributed by atoms with E-state index in [0.717, 1.165) is 18.7 Å². The molecule has 0 fully saturated rings. The standard InChI is InChI=1S/C13H16ClFN2O/c1-8(2)17-5-3-4-13(18)16-11-7-10(15)9(14)6-12(11)17/h6-8H,3-5H2,1-2H3,(H,16,18). The predicted molar refractivity (Wildman–Crippen MR) is 71.8 cm³/mol. The van der Waals surface area contributed by atoms with E-state index in [1.807, 2.05) is 0 Å². The Labute approximate surface area is 111 Å². The molecule has 0 spiro atoms. The third-order valence-electron chi connectivity index (χ3n) is 3.05. The summed E-state index contributed by atoms with van der Waals surface area (Å²) >= 11 is 5.83. The summed E-state index contributed by atoms with van der Waals surface area (Å²) in [5.41, 5.74) is 1.28. The van der Waals surface area contributed by atoms with E-state index in [1.165, 1.54) is 6.07 Å². The summed E-state index contributed by atoms with van der Waals surface area (Å²) in [5, 5.41) is 2.81. The Morgan fingerprint density at radius 1 is 1.44 bits per heavy atom. The van der Waals surface area contributed by atoms with Crippen LogP contribution in [0, 0.1) is 5.82 Å². The Balaban J connectivity index is 2.51. The van der Waals surface area contributed by atoms with Crippen molar-refractivity contribution in [3.8, 4) is 0 Å². The number of nitrogens with zero attached hydrogens (tertiary/aromatic N) is 1. The highest BCUT2D eigenvalue weighted by atomic mass is 35.5. The van der Waals surface area contributed by atoms with Gasteiger partial charge in [0.1, 0.15) is 5.82 Å². The molecule has 1 amide bonds. The van der Waals surface area contributed by atoms with Crippen molar-refractivity contribution in [2.75, 3.05) is 16.8 Å². The molecule has 1 heterocycles. The Bertz CT molecular complexity index is 476. The molecule has 1 aromatic rings. The number of rotatable bonds is 1.